The predicted molar refractivity (Wildman–Crippen MR) is 110 cm³/mol. The lowest BCUT2D eigenvalue weighted by Crippen LogP contribution is -2.26. The molecule has 0 saturated heterocycles. The van der Waals surface area contributed by atoms with Crippen LogP contribution in [0.2, 0.25) is 0 Å². The van der Waals surface area contributed by atoms with E-state index >= 15 is 0 Å². The van der Waals surface area contributed by atoms with Crippen molar-refractivity contribution in [3.8, 4) is 5.75 Å². The summed E-state index contributed by atoms with van der Waals surface area (Å²) in [4.78, 5) is 29.2. The number of hydrogen-bond acceptors (Lipinski definition) is 4. The minimum absolute atomic E-state index is 0.00389. The van der Waals surface area contributed by atoms with Crippen molar-refractivity contribution in [2.45, 2.75) is 25.8 Å². The maximum Gasteiger partial charge on any atom is 0.253 e. The molecule has 0 atom stereocenters. The highest BCUT2D eigenvalue weighted by Gasteiger charge is 2.21. The highest BCUT2D eigenvalue weighted by Crippen LogP contribution is 2.23. The number of nitrogens with one attached hydrogen (secondary N) is 2. The topological polar surface area (TPSA) is 85.2 Å². The van der Waals surface area contributed by atoms with Crippen molar-refractivity contribution >= 4 is 22.8 Å². The lowest BCUT2D eigenvalue weighted by molar-refractivity contribution is -0.121. The molecule has 7 heteroatoms. The predicted octanol–water partition coefficient (Wildman–Crippen LogP) is 2.08. The fraction of sp³-hybridized carbons (Fsp3) is 0.318. The van der Waals surface area contributed by atoms with Crippen molar-refractivity contribution in [3.63, 3.8) is 0 Å². The Labute approximate surface area is 169 Å². The van der Waals surface area contributed by atoms with Gasteiger partial charge < -0.3 is 19.9 Å². The fourth-order valence-electron chi connectivity index (χ4n) is 3.71. The van der Waals surface area contributed by atoms with Gasteiger partial charge >= 0.3 is 0 Å². The number of carbonyl (C=O) groups is 2. The standard InChI is InChI=1S/C22H24N4O3/c1-29-16-5-2-4-15(14-16)10-11-23-20(27)9-8-19-25-18-7-3-6-17-21(18)26(19)13-12-24-22(17)28/h2-7,14H,8-13H2,1H3,(H,23,27)(H,24,28). The molecule has 0 bridgehead atoms. The Morgan fingerprint density at radius 1 is 1.24 bits per heavy atom. The van der Waals surface area contributed by atoms with Crippen LogP contribution in [0.5, 0.6) is 5.75 Å². The minimum Gasteiger partial charge on any atom is -0.497 e. The molecule has 29 heavy (non-hydrogen) atoms. The Balaban J connectivity index is 1.37. The molecule has 2 aromatic carbocycles. The monoisotopic (exact) mass is 392 g/mol. The molecule has 2 N–H and O–H groups in total. The van der Waals surface area contributed by atoms with E-state index in [2.05, 4.69) is 20.2 Å². The van der Waals surface area contributed by atoms with Crippen LogP contribution < -0.4 is 15.4 Å². The largest absolute Gasteiger partial charge is 0.497 e. The zero-order valence-corrected chi connectivity index (χ0v) is 16.4. The second-order valence-electron chi connectivity index (χ2n) is 7.06. The summed E-state index contributed by atoms with van der Waals surface area (Å²) < 4.78 is 7.28. The van der Waals surface area contributed by atoms with Gasteiger partial charge in [-0.3, -0.25) is 9.59 Å². The van der Waals surface area contributed by atoms with Crippen LogP contribution in [-0.4, -0.2) is 41.6 Å². The average molecular weight is 392 g/mol. The van der Waals surface area contributed by atoms with Gasteiger partial charge in [0.05, 0.1) is 23.7 Å². The van der Waals surface area contributed by atoms with Gasteiger partial charge in [0.25, 0.3) is 5.91 Å². The van der Waals surface area contributed by atoms with Gasteiger partial charge in [-0.1, -0.05) is 18.2 Å². The molecule has 1 aromatic heterocycles. The number of carbonyl (C=O) groups excluding carboxylic acids is 2. The second-order valence-corrected chi connectivity index (χ2v) is 7.06. The van der Waals surface area contributed by atoms with Crippen LogP contribution in [-0.2, 0) is 24.2 Å². The molecule has 3 aromatic rings. The Hall–Kier alpha value is -3.35. The summed E-state index contributed by atoms with van der Waals surface area (Å²) in [5.74, 6) is 1.58. The Kier molecular flexibility index (Phi) is 5.46. The first kappa shape index (κ1) is 19.0. The van der Waals surface area contributed by atoms with Crippen molar-refractivity contribution in [1.82, 2.24) is 20.2 Å². The zero-order chi connectivity index (χ0) is 20.2. The van der Waals surface area contributed by atoms with Crippen molar-refractivity contribution in [2.24, 2.45) is 0 Å². The van der Waals surface area contributed by atoms with Gasteiger partial charge in [-0.25, -0.2) is 4.98 Å². The number of hydrogen-bond donors (Lipinski definition) is 2. The fourth-order valence-corrected chi connectivity index (χ4v) is 3.71. The van der Waals surface area contributed by atoms with Crippen LogP contribution in [0.4, 0.5) is 0 Å². The molecule has 1 aliphatic rings. The molecule has 2 heterocycles. The van der Waals surface area contributed by atoms with Crippen LogP contribution in [0.25, 0.3) is 11.0 Å². The summed E-state index contributed by atoms with van der Waals surface area (Å²) in [6, 6.07) is 13.4. The molecule has 0 radical (unpaired) electrons. The van der Waals surface area contributed by atoms with Gasteiger partial charge in [0, 0.05) is 32.5 Å². The summed E-state index contributed by atoms with van der Waals surface area (Å²) in [7, 11) is 1.64. The van der Waals surface area contributed by atoms with Gasteiger partial charge in [0.2, 0.25) is 5.91 Å². The third-order valence-corrected chi connectivity index (χ3v) is 5.16. The van der Waals surface area contributed by atoms with E-state index in [1.165, 1.54) is 0 Å². The van der Waals surface area contributed by atoms with Gasteiger partial charge in [0.1, 0.15) is 11.6 Å². The molecule has 0 spiro atoms. The average Bonchev–Trinajstić information content (AvgIpc) is 3.00. The summed E-state index contributed by atoms with van der Waals surface area (Å²) >= 11 is 0. The van der Waals surface area contributed by atoms with Crippen LogP contribution in [0.1, 0.15) is 28.2 Å². The molecule has 0 aliphatic carbocycles. The van der Waals surface area contributed by atoms with Crippen molar-refractivity contribution in [3.05, 3.63) is 59.4 Å². The van der Waals surface area contributed by atoms with E-state index in [9.17, 15) is 9.59 Å². The maximum absolute atomic E-state index is 12.3. The summed E-state index contributed by atoms with van der Waals surface area (Å²) in [6.07, 6.45) is 1.64. The third kappa shape index (κ3) is 4.08. The molecule has 150 valence electrons. The van der Waals surface area contributed by atoms with Gasteiger partial charge in [-0.05, 0) is 36.2 Å². The normalized spacial score (nSPS) is 13.1. The van der Waals surface area contributed by atoms with Gasteiger partial charge in [-0.15, -0.1) is 0 Å². The van der Waals surface area contributed by atoms with E-state index in [0.717, 1.165) is 34.6 Å². The molecule has 0 unspecified atom stereocenters. The summed E-state index contributed by atoms with van der Waals surface area (Å²) in [5, 5.41) is 5.88. The number of rotatable bonds is 7. The number of aromatic nitrogens is 2. The highest BCUT2D eigenvalue weighted by molar-refractivity contribution is 6.05. The van der Waals surface area contributed by atoms with Crippen LogP contribution in [0.3, 0.4) is 0 Å². The van der Waals surface area contributed by atoms with Crippen LogP contribution in [0.15, 0.2) is 42.5 Å². The van der Waals surface area contributed by atoms with E-state index in [1.54, 1.807) is 7.11 Å². The number of benzene rings is 2. The first-order valence-corrected chi connectivity index (χ1v) is 9.81. The van der Waals surface area contributed by atoms with Crippen molar-refractivity contribution < 1.29 is 14.3 Å². The second kappa shape index (κ2) is 8.34. The Bertz CT molecular complexity index is 1060. The smallest absolute Gasteiger partial charge is 0.253 e. The van der Waals surface area contributed by atoms with E-state index < -0.39 is 0 Å². The lowest BCUT2D eigenvalue weighted by atomic mass is 10.1. The molecule has 1 aliphatic heterocycles. The van der Waals surface area contributed by atoms with Crippen molar-refractivity contribution in [1.29, 1.82) is 0 Å². The Morgan fingerprint density at radius 3 is 2.97 bits per heavy atom. The third-order valence-electron chi connectivity index (χ3n) is 5.16. The zero-order valence-electron chi connectivity index (χ0n) is 16.4. The van der Waals surface area contributed by atoms with E-state index in [0.29, 0.717) is 38.0 Å². The molecule has 4 rings (SSSR count). The molecule has 7 nitrogen and oxygen atoms in total. The number of ether oxygens (including phenoxy) is 1. The van der Waals surface area contributed by atoms with Gasteiger partial charge in [-0.2, -0.15) is 0 Å². The maximum atomic E-state index is 12.3. The first-order chi connectivity index (χ1) is 14.2. The number of aryl methyl sites for hydroxylation is 1. The number of nitrogens with zero attached hydrogens (tertiary/aromatic N) is 2. The molecular formula is C22H24N4O3. The molecule has 0 saturated carbocycles. The molecule has 2 amide bonds. The van der Waals surface area contributed by atoms with E-state index in [4.69, 9.17) is 4.74 Å². The molecule has 0 fully saturated rings. The first-order valence-electron chi connectivity index (χ1n) is 9.81. The van der Waals surface area contributed by atoms with E-state index in [-0.39, 0.29) is 11.8 Å². The van der Waals surface area contributed by atoms with E-state index in [1.807, 2.05) is 42.5 Å². The highest BCUT2D eigenvalue weighted by atomic mass is 16.5. The minimum atomic E-state index is -0.0731. The van der Waals surface area contributed by atoms with Gasteiger partial charge in [0.15, 0.2) is 0 Å². The quantitative estimate of drug-likeness (QED) is 0.645. The number of amides is 2. The Morgan fingerprint density at radius 2 is 2.10 bits per heavy atom. The van der Waals surface area contributed by atoms with Crippen molar-refractivity contribution in [2.75, 3.05) is 20.2 Å². The number of para-hydroxylation sites is 1. The van der Waals surface area contributed by atoms with Crippen LogP contribution >= 0.6 is 0 Å². The SMILES string of the molecule is COc1cccc(CCNC(=O)CCc2nc3cccc4c3n2CCNC4=O)c1. The number of methoxy groups -OCH3 is 1. The lowest BCUT2D eigenvalue weighted by Gasteiger charge is -2.08. The summed E-state index contributed by atoms with van der Waals surface area (Å²) in [5.41, 5.74) is 3.42. The number of imidazole rings is 1. The summed E-state index contributed by atoms with van der Waals surface area (Å²) in [6.45, 7) is 1.79. The van der Waals surface area contributed by atoms with Crippen LogP contribution in [0, 0.1) is 0 Å². The molecular weight excluding hydrogens is 368 g/mol.